The van der Waals surface area contributed by atoms with Gasteiger partial charge in [-0.1, -0.05) is 0 Å². The number of hydrogen-bond acceptors (Lipinski definition) is 4. The average Bonchev–Trinajstić information content (AvgIpc) is 2.91. The lowest BCUT2D eigenvalue weighted by Crippen LogP contribution is -2.31. The Morgan fingerprint density at radius 2 is 2.14 bits per heavy atom. The molecule has 8 heteroatoms. The van der Waals surface area contributed by atoms with Crippen LogP contribution >= 0.6 is 0 Å². The Labute approximate surface area is 120 Å². The van der Waals surface area contributed by atoms with Crippen LogP contribution in [0.2, 0.25) is 0 Å². The number of urea groups is 1. The van der Waals surface area contributed by atoms with Gasteiger partial charge in [0, 0.05) is 30.7 Å². The second-order valence-electron chi connectivity index (χ2n) is 4.19. The Morgan fingerprint density at radius 1 is 1.33 bits per heavy atom. The summed E-state index contributed by atoms with van der Waals surface area (Å²) in [7, 11) is 0. The van der Waals surface area contributed by atoms with E-state index in [9.17, 15) is 14.7 Å². The van der Waals surface area contributed by atoms with E-state index in [0.717, 1.165) is 0 Å². The highest BCUT2D eigenvalue weighted by atomic mass is 16.4. The van der Waals surface area contributed by atoms with Crippen molar-refractivity contribution in [1.29, 1.82) is 0 Å². The Hall–Kier alpha value is -3.03. The van der Waals surface area contributed by atoms with Crippen LogP contribution in [0, 0.1) is 0 Å². The normalized spacial score (nSPS) is 10.1. The van der Waals surface area contributed by atoms with Crippen molar-refractivity contribution >= 4 is 17.7 Å². The fourth-order valence-electron chi connectivity index (χ4n) is 1.68. The summed E-state index contributed by atoms with van der Waals surface area (Å²) in [5.74, 6) is -1.64. The molecule has 2 aromatic rings. The van der Waals surface area contributed by atoms with Crippen LogP contribution in [0.25, 0.3) is 0 Å². The lowest BCUT2D eigenvalue weighted by molar-refractivity contribution is 0.0694. The molecular formula is C13H14N4O4. The van der Waals surface area contributed by atoms with Crippen LogP contribution in [0.1, 0.15) is 10.4 Å². The van der Waals surface area contributed by atoms with Crippen LogP contribution in [0.15, 0.2) is 36.7 Å². The summed E-state index contributed by atoms with van der Waals surface area (Å²) in [6, 6.07) is 5.13. The van der Waals surface area contributed by atoms with Gasteiger partial charge in [0.25, 0.3) is 0 Å². The molecule has 21 heavy (non-hydrogen) atoms. The standard InChI is InChI=1S/C13H14N4O4/c18-11-8-9(2-3-10(11)12(19)20)16-13(21)14-5-7-17-6-1-4-15-17/h1-4,6,8,18H,5,7H2,(H,19,20)(H2,14,16,21). The number of carboxylic acid groups (broad SMARTS) is 1. The zero-order valence-electron chi connectivity index (χ0n) is 11.0. The monoisotopic (exact) mass is 290 g/mol. The van der Waals surface area contributed by atoms with Crippen molar-refractivity contribution in [1.82, 2.24) is 15.1 Å². The number of hydrogen-bond donors (Lipinski definition) is 4. The predicted octanol–water partition coefficient (Wildman–Crippen LogP) is 1.11. The van der Waals surface area contributed by atoms with E-state index in [4.69, 9.17) is 5.11 Å². The zero-order chi connectivity index (χ0) is 15.2. The van der Waals surface area contributed by atoms with Crippen LogP contribution < -0.4 is 10.6 Å². The molecule has 8 nitrogen and oxygen atoms in total. The number of nitrogens with zero attached hydrogens (tertiary/aromatic N) is 2. The summed E-state index contributed by atoms with van der Waals surface area (Å²) >= 11 is 0. The first-order valence-electron chi connectivity index (χ1n) is 6.15. The number of anilines is 1. The largest absolute Gasteiger partial charge is 0.507 e. The molecule has 0 fully saturated rings. The number of nitrogens with one attached hydrogen (secondary N) is 2. The van der Waals surface area contributed by atoms with Gasteiger partial charge in [-0.2, -0.15) is 5.10 Å². The van der Waals surface area contributed by atoms with Gasteiger partial charge in [0.05, 0.1) is 6.54 Å². The quantitative estimate of drug-likeness (QED) is 0.658. The highest BCUT2D eigenvalue weighted by Crippen LogP contribution is 2.21. The first-order chi connectivity index (χ1) is 10.1. The van der Waals surface area contributed by atoms with Crippen molar-refractivity contribution in [2.45, 2.75) is 6.54 Å². The second-order valence-corrected chi connectivity index (χ2v) is 4.19. The van der Waals surface area contributed by atoms with Crippen molar-refractivity contribution in [2.75, 3.05) is 11.9 Å². The molecule has 0 unspecified atom stereocenters. The molecule has 0 atom stereocenters. The molecule has 0 bridgehead atoms. The highest BCUT2D eigenvalue weighted by Gasteiger charge is 2.10. The van der Waals surface area contributed by atoms with Gasteiger partial charge in [-0.15, -0.1) is 0 Å². The maximum atomic E-state index is 11.6. The molecule has 0 aliphatic carbocycles. The molecule has 110 valence electrons. The third-order valence-corrected chi connectivity index (χ3v) is 2.67. The number of rotatable bonds is 5. The van der Waals surface area contributed by atoms with Gasteiger partial charge < -0.3 is 20.8 Å². The number of carbonyl (C=O) groups excluding carboxylic acids is 1. The minimum Gasteiger partial charge on any atom is -0.507 e. The molecule has 2 rings (SSSR count). The number of carbonyl (C=O) groups is 2. The molecule has 1 aromatic heterocycles. The van der Waals surface area contributed by atoms with Gasteiger partial charge >= 0.3 is 12.0 Å². The minimum absolute atomic E-state index is 0.223. The van der Waals surface area contributed by atoms with Crippen LogP contribution in [0.4, 0.5) is 10.5 Å². The number of amides is 2. The summed E-state index contributed by atoms with van der Waals surface area (Å²) in [5.41, 5.74) is 0.0775. The van der Waals surface area contributed by atoms with Crippen molar-refractivity contribution < 1.29 is 19.8 Å². The lowest BCUT2D eigenvalue weighted by atomic mass is 10.2. The average molecular weight is 290 g/mol. The topological polar surface area (TPSA) is 116 Å². The number of aromatic carboxylic acids is 1. The Bertz CT molecular complexity index is 640. The van der Waals surface area contributed by atoms with Crippen LogP contribution in [0.5, 0.6) is 5.75 Å². The first kappa shape index (κ1) is 14.4. The maximum Gasteiger partial charge on any atom is 0.339 e. The second kappa shape index (κ2) is 6.42. The molecule has 0 aliphatic rings. The molecule has 0 spiro atoms. The summed E-state index contributed by atoms with van der Waals surface area (Å²) in [6.45, 7) is 0.913. The predicted molar refractivity (Wildman–Crippen MR) is 74.3 cm³/mol. The van der Waals surface area contributed by atoms with Gasteiger partial charge in [0.1, 0.15) is 11.3 Å². The van der Waals surface area contributed by atoms with Crippen molar-refractivity contribution in [3.63, 3.8) is 0 Å². The SMILES string of the molecule is O=C(NCCn1cccn1)Nc1ccc(C(=O)O)c(O)c1. The summed E-state index contributed by atoms with van der Waals surface area (Å²) in [4.78, 5) is 22.4. The summed E-state index contributed by atoms with van der Waals surface area (Å²) in [5, 5.41) is 27.4. The van der Waals surface area contributed by atoms with Gasteiger partial charge in [0.15, 0.2) is 0 Å². The molecule has 0 saturated heterocycles. The van der Waals surface area contributed by atoms with Gasteiger partial charge in [-0.3, -0.25) is 4.68 Å². The van der Waals surface area contributed by atoms with E-state index in [1.807, 2.05) is 0 Å². The third-order valence-electron chi connectivity index (χ3n) is 2.67. The number of benzene rings is 1. The molecule has 1 aromatic carbocycles. The summed E-state index contributed by atoms with van der Waals surface area (Å²) < 4.78 is 1.67. The molecule has 0 radical (unpaired) electrons. The number of phenols is 1. The van der Waals surface area contributed by atoms with Crippen LogP contribution in [-0.4, -0.2) is 38.5 Å². The van der Waals surface area contributed by atoms with Gasteiger partial charge in [-0.25, -0.2) is 9.59 Å². The van der Waals surface area contributed by atoms with Gasteiger partial charge in [-0.05, 0) is 18.2 Å². The van der Waals surface area contributed by atoms with E-state index in [-0.39, 0.29) is 5.56 Å². The van der Waals surface area contributed by atoms with Crippen LogP contribution in [-0.2, 0) is 6.54 Å². The maximum absolute atomic E-state index is 11.6. The third kappa shape index (κ3) is 3.96. The number of aromatic hydroxyl groups is 1. The summed E-state index contributed by atoms with van der Waals surface area (Å²) in [6.07, 6.45) is 3.43. The Kier molecular flexibility index (Phi) is 4.39. The molecule has 1 heterocycles. The zero-order valence-corrected chi connectivity index (χ0v) is 11.0. The molecule has 0 aliphatic heterocycles. The minimum atomic E-state index is -1.23. The van der Waals surface area contributed by atoms with Crippen molar-refractivity contribution in [3.05, 3.63) is 42.2 Å². The molecule has 4 N–H and O–H groups in total. The fraction of sp³-hybridized carbons (Fsp3) is 0.154. The van der Waals surface area contributed by atoms with E-state index in [0.29, 0.717) is 18.8 Å². The smallest absolute Gasteiger partial charge is 0.339 e. The van der Waals surface area contributed by atoms with E-state index in [2.05, 4.69) is 15.7 Å². The van der Waals surface area contributed by atoms with E-state index >= 15 is 0 Å². The highest BCUT2D eigenvalue weighted by molar-refractivity contribution is 5.93. The lowest BCUT2D eigenvalue weighted by Gasteiger charge is -2.09. The molecular weight excluding hydrogens is 276 g/mol. The van der Waals surface area contributed by atoms with Crippen LogP contribution in [0.3, 0.4) is 0 Å². The number of aromatic nitrogens is 2. The first-order valence-corrected chi connectivity index (χ1v) is 6.15. The van der Waals surface area contributed by atoms with E-state index in [1.54, 1.807) is 23.1 Å². The Balaban J connectivity index is 1.85. The van der Waals surface area contributed by atoms with E-state index in [1.165, 1.54) is 18.2 Å². The Morgan fingerprint density at radius 3 is 2.76 bits per heavy atom. The van der Waals surface area contributed by atoms with Gasteiger partial charge in [0.2, 0.25) is 0 Å². The van der Waals surface area contributed by atoms with Crippen molar-refractivity contribution in [3.8, 4) is 5.75 Å². The fourth-order valence-corrected chi connectivity index (χ4v) is 1.68. The molecule has 2 amide bonds. The molecule has 0 saturated carbocycles. The van der Waals surface area contributed by atoms with E-state index < -0.39 is 17.7 Å². The number of carboxylic acids is 1. The van der Waals surface area contributed by atoms with Crippen molar-refractivity contribution in [2.24, 2.45) is 0 Å².